The third kappa shape index (κ3) is 4.16. The first kappa shape index (κ1) is 14.2. The van der Waals surface area contributed by atoms with Crippen LogP contribution in [-0.2, 0) is 6.54 Å². The van der Waals surface area contributed by atoms with E-state index < -0.39 is 0 Å². The smallest absolute Gasteiger partial charge is 0.122 e. The van der Waals surface area contributed by atoms with E-state index in [0.717, 1.165) is 28.9 Å². The van der Waals surface area contributed by atoms with Crippen molar-refractivity contribution in [1.82, 2.24) is 15.2 Å². The molecule has 5 heteroatoms. The Bertz CT molecular complexity index is 499. The fraction of sp³-hybridized carbons (Fsp3) is 0.357. The van der Waals surface area contributed by atoms with Crippen LogP contribution in [0.25, 0.3) is 0 Å². The Kier molecular flexibility index (Phi) is 5.13. The molecule has 102 valence electrons. The summed E-state index contributed by atoms with van der Waals surface area (Å²) < 4.78 is 6.48. The quantitative estimate of drug-likeness (QED) is 0.887. The van der Waals surface area contributed by atoms with Crippen LogP contribution in [0, 0.1) is 0 Å². The number of hydrogen-bond donors (Lipinski definition) is 1. The average Bonchev–Trinajstić information content (AvgIpc) is 2.88. The number of furan rings is 1. The van der Waals surface area contributed by atoms with E-state index in [1.54, 1.807) is 12.5 Å². The SMILES string of the molecule is CN(C)C(CNCc1cncc(Br)c1)c1ccco1. The minimum absolute atomic E-state index is 0.232. The van der Waals surface area contributed by atoms with Gasteiger partial charge in [0.25, 0.3) is 0 Å². The minimum atomic E-state index is 0.232. The van der Waals surface area contributed by atoms with E-state index >= 15 is 0 Å². The summed E-state index contributed by atoms with van der Waals surface area (Å²) in [6.45, 7) is 1.62. The highest BCUT2D eigenvalue weighted by Gasteiger charge is 2.16. The maximum atomic E-state index is 5.48. The number of halogens is 1. The summed E-state index contributed by atoms with van der Waals surface area (Å²) in [5.41, 5.74) is 1.16. The second kappa shape index (κ2) is 6.84. The number of nitrogens with one attached hydrogen (secondary N) is 1. The zero-order chi connectivity index (χ0) is 13.7. The van der Waals surface area contributed by atoms with E-state index in [-0.39, 0.29) is 6.04 Å². The molecule has 0 aromatic carbocycles. The Morgan fingerprint density at radius 1 is 1.42 bits per heavy atom. The standard InChI is InChI=1S/C14H18BrN3O/c1-18(2)13(14-4-3-5-19-14)10-17-8-11-6-12(15)9-16-7-11/h3-7,9,13,17H,8,10H2,1-2H3. The predicted octanol–water partition coefficient (Wildman–Crippen LogP) is 2.83. The summed E-state index contributed by atoms with van der Waals surface area (Å²) >= 11 is 3.42. The van der Waals surface area contributed by atoms with Crippen LogP contribution in [0.5, 0.6) is 0 Å². The predicted molar refractivity (Wildman–Crippen MR) is 78.8 cm³/mol. The monoisotopic (exact) mass is 323 g/mol. The van der Waals surface area contributed by atoms with Crippen molar-refractivity contribution in [2.45, 2.75) is 12.6 Å². The van der Waals surface area contributed by atoms with Gasteiger partial charge in [-0.2, -0.15) is 0 Å². The fourth-order valence-corrected chi connectivity index (χ4v) is 2.34. The van der Waals surface area contributed by atoms with Crippen molar-refractivity contribution in [3.63, 3.8) is 0 Å². The van der Waals surface area contributed by atoms with Gasteiger partial charge in [-0.05, 0) is 53.8 Å². The van der Waals surface area contributed by atoms with E-state index in [2.05, 4.69) is 51.3 Å². The van der Waals surface area contributed by atoms with Crippen LogP contribution in [0.2, 0.25) is 0 Å². The number of nitrogens with zero attached hydrogens (tertiary/aromatic N) is 2. The van der Waals surface area contributed by atoms with Gasteiger partial charge in [-0.25, -0.2) is 0 Å². The van der Waals surface area contributed by atoms with Crippen LogP contribution in [0.4, 0.5) is 0 Å². The van der Waals surface area contributed by atoms with E-state index in [0.29, 0.717) is 0 Å². The lowest BCUT2D eigenvalue weighted by atomic mass is 10.2. The summed E-state index contributed by atoms with van der Waals surface area (Å²) in [5.74, 6) is 0.977. The topological polar surface area (TPSA) is 41.3 Å². The van der Waals surface area contributed by atoms with Crippen LogP contribution in [-0.4, -0.2) is 30.5 Å². The molecule has 0 spiro atoms. The summed E-state index contributed by atoms with van der Waals surface area (Å²) in [4.78, 5) is 6.30. The van der Waals surface area contributed by atoms with Crippen LogP contribution in [0.15, 0.2) is 45.7 Å². The Hall–Kier alpha value is -1.17. The zero-order valence-corrected chi connectivity index (χ0v) is 12.7. The molecule has 2 rings (SSSR count). The van der Waals surface area contributed by atoms with Crippen LogP contribution in [0.3, 0.4) is 0 Å². The van der Waals surface area contributed by atoms with Gasteiger partial charge in [0.2, 0.25) is 0 Å². The largest absolute Gasteiger partial charge is 0.468 e. The molecule has 2 aromatic heterocycles. The maximum absolute atomic E-state index is 5.48. The third-order valence-corrected chi connectivity index (χ3v) is 3.36. The molecule has 1 unspecified atom stereocenters. The molecule has 19 heavy (non-hydrogen) atoms. The zero-order valence-electron chi connectivity index (χ0n) is 11.1. The van der Waals surface area contributed by atoms with Gasteiger partial charge in [0.15, 0.2) is 0 Å². The number of rotatable bonds is 6. The first-order chi connectivity index (χ1) is 9.16. The van der Waals surface area contributed by atoms with Crippen molar-refractivity contribution in [3.8, 4) is 0 Å². The van der Waals surface area contributed by atoms with E-state index in [9.17, 15) is 0 Å². The Morgan fingerprint density at radius 3 is 2.89 bits per heavy atom. The molecule has 0 aliphatic heterocycles. The molecule has 2 heterocycles. The van der Waals surface area contributed by atoms with E-state index in [1.807, 2.05) is 18.3 Å². The molecular formula is C14H18BrN3O. The Morgan fingerprint density at radius 2 is 2.26 bits per heavy atom. The average molecular weight is 324 g/mol. The lowest BCUT2D eigenvalue weighted by Gasteiger charge is -2.22. The second-order valence-electron chi connectivity index (χ2n) is 4.64. The van der Waals surface area contributed by atoms with Gasteiger partial charge in [0, 0.05) is 30.0 Å². The molecule has 0 amide bonds. The lowest BCUT2D eigenvalue weighted by Crippen LogP contribution is -2.30. The van der Waals surface area contributed by atoms with Crippen LogP contribution in [0.1, 0.15) is 17.4 Å². The van der Waals surface area contributed by atoms with Crippen LogP contribution >= 0.6 is 15.9 Å². The van der Waals surface area contributed by atoms with E-state index in [4.69, 9.17) is 4.42 Å². The summed E-state index contributed by atoms with van der Waals surface area (Å²) in [5, 5.41) is 3.44. The highest BCUT2D eigenvalue weighted by atomic mass is 79.9. The van der Waals surface area contributed by atoms with Gasteiger partial charge in [-0.3, -0.25) is 9.88 Å². The molecule has 0 saturated heterocycles. The summed E-state index contributed by atoms with van der Waals surface area (Å²) in [6, 6.07) is 6.23. The first-order valence-electron chi connectivity index (χ1n) is 6.17. The van der Waals surface area contributed by atoms with Crippen molar-refractivity contribution in [2.24, 2.45) is 0 Å². The highest BCUT2D eigenvalue weighted by molar-refractivity contribution is 9.10. The third-order valence-electron chi connectivity index (χ3n) is 2.92. The van der Waals surface area contributed by atoms with Crippen molar-refractivity contribution in [1.29, 1.82) is 0 Å². The molecular weight excluding hydrogens is 306 g/mol. The first-order valence-corrected chi connectivity index (χ1v) is 6.96. The van der Waals surface area contributed by atoms with Gasteiger partial charge >= 0.3 is 0 Å². The maximum Gasteiger partial charge on any atom is 0.122 e. The molecule has 1 N–H and O–H groups in total. The van der Waals surface area contributed by atoms with Gasteiger partial charge in [0.05, 0.1) is 12.3 Å². The number of aromatic nitrogens is 1. The van der Waals surface area contributed by atoms with Crippen molar-refractivity contribution < 1.29 is 4.42 Å². The molecule has 0 fully saturated rings. The molecule has 0 radical (unpaired) electrons. The van der Waals surface area contributed by atoms with Gasteiger partial charge in [0.1, 0.15) is 5.76 Å². The molecule has 0 aliphatic rings. The number of hydrogen-bond acceptors (Lipinski definition) is 4. The Balaban J connectivity index is 1.90. The van der Waals surface area contributed by atoms with Crippen molar-refractivity contribution >= 4 is 15.9 Å². The van der Waals surface area contributed by atoms with E-state index in [1.165, 1.54) is 0 Å². The van der Waals surface area contributed by atoms with Gasteiger partial charge in [-0.1, -0.05) is 0 Å². The summed E-state index contributed by atoms with van der Waals surface area (Å²) in [6.07, 6.45) is 5.37. The molecule has 2 aromatic rings. The summed E-state index contributed by atoms with van der Waals surface area (Å²) in [7, 11) is 4.10. The van der Waals surface area contributed by atoms with Gasteiger partial charge < -0.3 is 9.73 Å². The number of pyridine rings is 1. The van der Waals surface area contributed by atoms with Crippen LogP contribution < -0.4 is 5.32 Å². The van der Waals surface area contributed by atoms with Gasteiger partial charge in [-0.15, -0.1) is 0 Å². The minimum Gasteiger partial charge on any atom is -0.468 e. The lowest BCUT2D eigenvalue weighted by molar-refractivity contribution is 0.250. The van der Waals surface area contributed by atoms with Crippen molar-refractivity contribution in [2.75, 3.05) is 20.6 Å². The second-order valence-corrected chi connectivity index (χ2v) is 5.55. The fourth-order valence-electron chi connectivity index (χ4n) is 1.92. The normalized spacial score (nSPS) is 12.8. The Labute approximate surface area is 122 Å². The molecule has 0 bridgehead atoms. The molecule has 0 saturated carbocycles. The number of likely N-dealkylation sites (N-methyl/N-ethyl adjacent to an activating group) is 1. The molecule has 1 atom stereocenters. The highest BCUT2D eigenvalue weighted by Crippen LogP contribution is 2.17. The van der Waals surface area contributed by atoms with Crippen molar-refractivity contribution in [3.05, 3.63) is 52.7 Å². The molecule has 4 nitrogen and oxygen atoms in total. The molecule has 0 aliphatic carbocycles.